The monoisotopic (exact) mass is 252 g/mol. The Balaban J connectivity index is 2.25. The number of hydrogen-bond donors (Lipinski definition) is 1. The molecule has 2 N–H and O–H groups in total. The predicted molar refractivity (Wildman–Crippen MR) is 71.1 cm³/mol. The first kappa shape index (κ1) is 13.3. The van der Waals surface area contributed by atoms with Gasteiger partial charge in [0.2, 0.25) is 0 Å². The molecule has 1 aromatic carbocycles. The summed E-state index contributed by atoms with van der Waals surface area (Å²) in [6.07, 6.45) is 0.0994. The minimum absolute atomic E-state index is 0.0994. The third-order valence-electron chi connectivity index (χ3n) is 3.16. The zero-order valence-electron chi connectivity index (χ0n) is 11.2. The van der Waals surface area contributed by atoms with Crippen molar-refractivity contribution in [2.24, 2.45) is 5.73 Å². The average molecular weight is 252 g/mol. The maximum absolute atomic E-state index is 14.1. The molecule has 100 valence electrons. The summed E-state index contributed by atoms with van der Waals surface area (Å²) in [6, 6.07) is 5.21. The second-order valence-electron chi connectivity index (χ2n) is 5.56. The summed E-state index contributed by atoms with van der Waals surface area (Å²) in [5.74, 6) is -0.206. The van der Waals surface area contributed by atoms with Crippen LogP contribution in [-0.2, 0) is 11.3 Å². The molecule has 0 aromatic heterocycles. The lowest BCUT2D eigenvalue weighted by molar-refractivity contribution is -0.0751. The third-order valence-corrected chi connectivity index (χ3v) is 3.16. The van der Waals surface area contributed by atoms with Crippen LogP contribution in [0.4, 0.5) is 10.1 Å². The topological polar surface area (TPSA) is 38.5 Å². The molecule has 1 fully saturated rings. The van der Waals surface area contributed by atoms with Crippen LogP contribution in [0.3, 0.4) is 0 Å². The zero-order valence-corrected chi connectivity index (χ0v) is 11.2. The first-order valence-corrected chi connectivity index (χ1v) is 6.32. The molecule has 0 aliphatic carbocycles. The van der Waals surface area contributed by atoms with Crippen molar-refractivity contribution in [3.05, 3.63) is 29.6 Å². The van der Waals surface area contributed by atoms with Crippen LogP contribution in [0.5, 0.6) is 0 Å². The van der Waals surface area contributed by atoms with Gasteiger partial charge in [0.25, 0.3) is 0 Å². The molecule has 1 atom stereocenters. The molecule has 18 heavy (non-hydrogen) atoms. The van der Waals surface area contributed by atoms with E-state index in [1.165, 1.54) is 6.07 Å². The molecule has 1 heterocycles. The minimum atomic E-state index is -0.253. The fourth-order valence-corrected chi connectivity index (χ4v) is 2.57. The van der Waals surface area contributed by atoms with Crippen LogP contribution >= 0.6 is 0 Å². The summed E-state index contributed by atoms with van der Waals surface area (Å²) in [4.78, 5) is 2.05. The molecule has 0 bridgehead atoms. The van der Waals surface area contributed by atoms with Gasteiger partial charge >= 0.3 is 0 Å². The first-order valence-electron chi connectivity index (χ1n) is 6.32. The van der Waals surface area contributed by atoms with E-state index in [4.69, 9.17) is 10.5 Å². The van der Waals surface area contributed by atoms with Gasteiger partial charge in [-0.3, -0.25) is 0 Å². The van der Waals surface area contributed by atoms with Gasteiger partial charge < -0.3 is 15.4 Å². The molecule has 4 heteroatoms. The number of benzene rings is 1. The van der Waals surface area contributed by atoms with Crippen molar-refractivity contribution in [2.75, 3.05) is 18.0 Å². The van der Waals surface area contributed by atoms with Crippen molar-refractivity contribution >= 4 is 5.69 Å². The van der Waals surface area contributed by atoms with E-state index in [0.717, 1.165) is 5.56 Å². The normalized spacial score (nSPS) is 23.2. The number of halogens is 1. The van der Waals surface area contributed by atoms with Gasteiger partial charge in [0.15, 0.2) is 0 Å². The molecule has 1 aliphatic rings. The fourth-order valence-electron chi connectivity index (χ4n) is 2.57. The number of nitrogens with zero attached hydrogens (tertiary/aromatic N) is 1. The van der Waals surface area contributed by atoms with Crippen molar-refractivity contribution in [3.8, 4) is 0 Å². The zero-order chi connectivity index (χ0) is 13.3. The molecular weight excluding hydrogens is 231 g/mol. The highest BCUT2D eigenvalue weighted by atomic mass is 19.1. The number of ether oxygens (including phenoxy) is 1. The fraction of sp³-hybridized carbons (Fsp3) is 0.571. The highest BCUT2D eigenvalue weighted by molar-refractivity contribution is 5.50. The van der Waals surface area contributed by atoms with Gasteiger partial charge in [-0.15, -0.1) is 0 Å². The largest absolute Gasteiger partial charge is 0.369 e. The molecule has 2 rings (SSSR count). The van der Waals surface area contributed by atoms with Crippen LogP contribution in [0, 0.1) is 5.82 Å². The molecule has 0 amide bonds. The lowest BCUT2D eigenvalue weighted by atomic mass is 10.0. The lowest BCUT2D eigenvalue weighted by Gasteiger charge is -2.43. The van der Waals surface area contributed by atoms with Crippen LogP contribution in [-0.4, -0.2) is 24.8 Å². The molecule has 1 aromatic rings. The summed E-state index contributed by atoms with van der Waals surface area (Å²) in [5.41, 5.74) is 6.71. The summed E-state index contributed by atoms with van der Waals surface area (Å²) in [7, 11) is 0. The van der Waals surface area contributed by atoms with Crippen molar-refractivity contribution in [3.63, 3.8) is 0 Å². The van der Waals surface area contributed by atoms with Crippen molar-refractivity contribution < 1.29 is 9.13 Å². The van der Waals surface area contributed by atoms with Crippen molar-refractivity contribution in [2.45, 2.75) is 39.0 Å². The Morgan fingerprint density at radius 1 is 1.50 bits per heavy atom. The second kappa shape index (κ2) is 4.86. The maximum atomic E-state index is 14.1. The summed E-state index contributed by atoms with van der Waals surface area (Å²) < 4.78 is 19.9. The molecule has 1 aliphatic heterocycles. The Labute approximate surface area is 108 Å². The summed E-state index contributed by atoms with van der Waals surface area (Å²) in [6.45, 7) is 7.84. The highest BCUT2D eigenvalue weighted by Crippen LogP contribution is 2.28. The Hall–Kier alpha value is -1.13. The van der Waals surface area contributed by atoms with E-state index in [0.29, 0.717) is 25.3 Å². The van der Waals surface area contributed by atoms with E-state index in [-0.39, 0.29) is 17.5 Å². The van der Waals surface area contributed by atoms with E-state index in [9.17, 15) is 4.39 Å². The maximum Gasteiger partial charge on any atom is 0.146 e. The van der Waals surface area contributed by atoms with Gasteiger partial charge in [-0.05, 0) is 38.5 Å². The molecule has 3 nitrogen and oxygen atoms in total. The van der Waals surface area contributed by atoms with Gasteiger partial charge in [0, 0.05) is 19.6 Å². The van der Waals surface area contributed by atoms with Crippen LogP contribution in [0.2, 0.25) is 0 Å². The van der Waals surface area contributed by atoms with E-state index in [1.807, 2.05) is 37.8 Å². The minimum Gasteiger partial charge on any atom is -0.369 e. The van der Waals surface area contributed by atoms with Gasteiger partial charge in [-0.2, -0.15) is 0 Å². The quantitative estimate of drug-likeness (QED) is 0.877. The Morgan fingerprint density at radius 2 is 2.22 bits per heavy atom. The van der Waals surface area contributed by atoms with E-state index >= 15 is 0 Å². The number of hydrogen-bond acceptors (Lipinski definition) is 3. The Bertz CT molecular complexity index is 434. The van der Waals surface area contributed by atoms with Gasteiger partial charge in [-0.25, -0.2) is 4.39 Å². The molecule has 0 spiro atoms. The molecule has 1 saturated heterocycles. The van der Waals surface area contributed by atoms with Gasteiger partial charge in [0.1, 0.15) is 5.82 Å². The molecule has 0 saturated carbocycles. The molecule has 1 unspecified atom stereocenters. The SMILES string of the molecule is CC1CN(c2ccc(CN)cc2F)CC(C)(C)O1. The van der Waals surface area contributed by atoms with E-state index in [1.54, 1.807) is 0 Å². The summed E-state index contributed by atoms with van der Waals surface area (Å²) >= 11 is 0. The average Bonchev–Trinajstić information content (AvgIpc) is 2.25. The highest BCUT2D eigenvalue weighted by Gasteiger charge is 2.32. The Morgan fingerprint density at radius 3 is 2.78 bits per heavy atom. The van der Waals surface area contributed by atoms with Crippen LogP contribution < -0.4 is 10.6 Å². The van der Waals surface area contributed by atoms with Crippen molar-refractivity contribution in [1.82, 2.24) is 0 Å². The van der Waals surface area contributed by atoms with Crippen molar-refractivity contribution in [1.29, 1.82) is 0 Å². The number of morpholine rings is 1. The van der Waals surface area contributed by atoms with Crippen LogP contribution in [0.1, 0.15) is 26.3 Å². The standard InChI is InChI=1S/C14H21FN2O/c1-10-8-17(9-14(2,3)18-10)13-5-4-11(7-16)6-12(13)15/h4-6,10H,7-9,16H2,1-3H3. The van der Waals surface area contributed by atoms with E-state index in [2.05, 4.69) is 0 Å². The lowest BCUT2D eigenvalue weighted by Crippen LogP contribution is -2.52. The first-order chi connectivity index (χ1) is 8.41. The molecule has 0 radical (unpaired) electrons. The second-order valence-corrected chi connectivity index (χ2v) is 5.56. The number of nitrogens with two attached hydrogens (primary N) is 1. The third kappa shape index (κ3) is 2.82. The summed E-state index contributed by atoms with van der Waals surface area (Å²) in [5, 5.41) is 0. The van der Waals surface area contributed by atoms with Gasteiger partial charge in [0.05, 0.1) is 17.4 Å². The van der Waals surface area contributed by atoms with Crippen LogP contribution in [0.15, 0.2) is 18.2 Å². The van der Waals surface area contributed by atoms with E-state index < -0.39 is 0 Å². The smallest absolute Gasteiger partial charge is 0.146 e. The molecular formula is C14H21FN2O. The number of anilines is 1. The van der Waals surface area contributed by atoms with Gasteiger partial charge in [-0.1, -0.05) is 6.07 Å². The van der Waals surface area contributed by atoms with Crippen LogP contribution in [0.25, 0.3) is 0 Å². The number of rotatable bonds is 2. The Kier molecular flexibility index (Phi) is 3.59. The predicted octanol–water partition coefficient (Wildman–Crippen LogP) is 2.29.